The fourth-order valence-corrected chi connectivity index (χ4v) is 0.326. The molecular formula is C5H7ClO3. The quantitative estimate of drug-likeness (QED) is 0.646. The first-order valence-electron chi connectivity index (χ1n) is 2.25. The lowest BCUT2D eigenvalue weighted by molar-refractivity contribution is -0.141. The van der Waals surface area contributed by atoms with E-state index in [4.69, 9.17) is 16.7 Å². The van der Waals surface area contributed by atoms with Crippen molar-refractivity contribution in [2.24, 2.45) is 0 Å². The van der Waals surface area contributed by atoms with Crippen molar-refractivity contribution in [3.63, 3.8) is 0 Å². The van der Waals surface area contributed by atoms with Gasteiger partial charge < -0.3 is 9.84 Å². The fraction of sp³-hybridized carbons (Fsp3) is 0.400. The summed E-state index contributed by atoms with van der Waals surface area (Å²) in [5, 5.41) is 8.33. The third-order valence-corrected chi connectivity index (χ3v) is 0.593. The minimum atomic E-state index is -1.01. The molecule has 0 heterocycles. The summed E-state index contributed by atoms with van der Waals surface area (Å²) >= 11 is 5.25. The van der Waals surface area contributed by atoms with Gasteiger partial charge in [-0.25, -0.2) is 4.79 Å². The summed E-state index contributed by atoms with van der Waals surface area (Å²) in [6.45, 7) is 3.06. The van der Waals surface area contributed by atoms with Gasteiger partial charge in [-0.1, -0.05) is 18.2 Å². The van der Waals surface area contributed by atoms with Gasteiger partial charge in [0.05, 0.1) is 6.61 Å². The van der Waals surface area contributed by atoms with Gasteiger partial charge in [0.25, 0.3) is 0 Å². The third kappa shape index (κ3) is 7.46. The molecule has 0 aliphatic rings. The average molecular weight is 151 g/mol. The maximum absolute atomic E-state index is 9.78. The lowest BCUT2D eigenvalue weighted by Gasteiger charge is -1.95. The molecule has 9 heavy (non-hydrogen) atoms. The molecule has 3 nitrogen and oxygen atoms in total. The molecule has 0 atom stereocenters. The lowest BCUT2D eigenvalue weighted by atomic mass is 10.6. The highest BCUT2D eigenvalue weighted by atomic mass is 35.5. The molecule has 0 fully saturated rings. The van der Waals surface area contributed by atoms with Crippen LogP contribution in [0, 0.1) is 0 Å². The Labute approximate surface area is 57.9 Å². The van der Waals surface area contributed by atoms with E-state index in [-0.39, 0.29) is 13.2 Å². The van der Waals surface area contributed by atoms with Crippen molar-refractivity contribution >= 4 is 17.6 Å². The number of aliphatic carboxylic acids is 1. The van der Waals surface area contributed by atoms with Crippen LogP contribution in [0.2, 0.25) is 0 Å². The predicted octanol–water partition coefficient (Wildman–Crippen LogP) is 0.840. The Kier molecular flexibility index (Phi) is 4.09. The molecule has 0 saturated carbocycles. The molecule has 0 radical (unpaired) electrons. The van der Waals surface area contributed by atoms with Crippen LogP contribution >= 0.6 is 11.6 Å². The summed E-state index contributed by atoms with van der Waals surface area (Å²) in [4.78, 5) is 9.78. The van der Waals surface area contributed by atoms with Crippen molar-refractivity contribution in [1.29, 1.82) is 0 Å². The van der Waals surface area contributed by atoms with E-state index in [0.29, 0.717) is 5.03 Å². The SMILES string of the molecule is C=C(Cl)COCC(=O)O. The van der Waals surface area contributed by atoms with Gasteiger partial charge in [0.2, 0.25) is 0 Å². The number of hydrogen-bond acceptors (Lipinski definition) is 2. The second-order valence-electron chi connectivity index (χ2n) is 1.40. The molecule has 0 aromatic heterocycles. The first-order chi connectivity index (χ1) is 4.13. The lowest BCUT2D eigenvalue weighted by Crippen LogP contribution is -2.07. The molecule has 0 aliphatic heterocycles. The average Bonchev–Trinajstić information content (AvgIpc) is 1.63. The minimum absolute atomic E-state index is 0.0911. The number of rotatable bonds is 4. The van der Waals surface area contributed by atoms with Gasteiger partial charge >= 0.3 is 5.97 Å². The van der Waals surface area contributed by atoms with Crippen molar-refractivity contribution in [2.45, 2.75) is 0 Å². The van der Waals surface area contributed by atoms with Crippen molar-refractivity contribution in [2.75, 3.05) is 13.2 Å². The number of halogens is 1. The second kappa shape index (κ2) is 4.35. The number of carboxylic acids is 1. The van der Waals surface area contributed by atoms with Crippen LogP contribution < -0.4 is 0 Å². The Morgan fingerprint density at radius 2 is 2.22 bits per heavy atom. The second-order valence-corrected chi connectivity index (χ2v) is 1.94. The van der Waals surface area contributed by atoms with E-state index in [1.54, 1.807) is 0 Å². The number of carboxylic acid groups (broad SMARTS) is 1. The first kappa shape index (κ1) is 8.46. The summed E-state index contributed by atoms with van der Waals surface area (Å²) in [5.74, 6) is -1.01. The van der Waals surface area contributed by atoms with Gasteiger partial charge in [-0.15, -0.1) is 0 Å². The van der Waals surface area contributed by atoms with E-state index in [9.17, 15) is 4.79 Å². The summed E-state index contributed by atoms with van der Waals surface area (Å²) < 4.78 is 4.53. The van der Waals surface area contributed by atoms with Crippen LogP contribution in [-0.4, -0.2) is 24.3 Å². The summed E-state index contributed by atoms with van der Waals surface area (Å²) in [5.41, 5.74) is 0. The van der Waals surface area contributed by atoms with Crippen molar-refractivity contribution in [3.05, 3.63) is 11.6 Å². The molecule has 0 aromatic carbocycles. The van der Waals surface area contributed by atoms with E-state index in [1.807, 2.05) is 0 Å². The Morgan fingerprint density at radius 1 is 1.67 bits per heavy atom. The van der Waals surface area contributed by atoms with Crippen LogP contribution in [0.5, 0.6) is 0 Å². The van der Waals surface area contributed by atoms with Crippen molar-refractivity contribution < 1.29 is 14.6 Å². The Hall–Kier alpha value is -0.540. The van der Waals surface area contributed by atoms with E-state index < -0.39 is 5.97 Å². The molecule has 0 aromatic rings. The highest BCUT2D eigenvalue weighted by Crippen LogP contribution is 1.95. The van der Waals surface area contributed by atoms with Gasteiger partial charge in [-0.2, -0.15) is 0 Å². The van der Waals surface area contributed by atoms with Gasteiger partial charge in [0.1, 0.15) is 6.61 Å². The summed E-state index contributed by atoms with van der Waals surface area (Å²) in [6.07, 6.45) is 0. The number of hydrogen-bond donors (Lipinski definition) is 1. The zero-order valence-corrected chi connectivity index (χ0v) is 5.52. The van der Waals surface area contributed by atoms with Crippen molar-refractivity contribution in [1.82, 2.24) is 0 Å². The first-order valence-corrected chi connectivity index (χ1v) is 2.63. The van der Waals surface area contributed by atoms with Crippen LogP contribution in [-0.2, 0) is 9.53 Å². The minimum Gasteiger partial charge on any atom is -0.480 e. The Morgan fingerprint density at radius 3 is 2.56 bits per heavy atom. The molecule has 4 heteroatoms. The summed E-state index contributed by atoms with van der Waals surface area (Å²) in [7, 11) is 0. The molecular weight excluding hydrogens is 144 g/mol. The van der Waals surface area contributed by atoms with Gasteiger partial charge in [0, 0.05) is 5.03 Å². The largest absolute Gasteiger partial charge is 0.480 e. The molecule has 52 valence electrons. The van der Waals surface area contributed by atoms with Crippen molar-refractivity contribution in [3.8, 4) is 0 Å². The molecule has 0 amide bonds. The number of ether oxygens (including phenoxy) is 1. The van der Waals surface area contributed by atoms with Crippen LogP contribution in [0.3, 0.4) is 0 Å². The molecule has 0 rings (SSSR count). The Bertz CT molecular complexity index is 107. The molecule has 0 aliphatic carbocycles. The summed E-state index contributed by atoms with van der Waals surface area (Å²) in [6, 6.07) is 0. The topological polar surface area (TPSA) is 46.5 Å². The monoisotopic (exact) mass is 150 g/mol. The van der Waals surface area contributed by atoms with Gasteiger partial charge in [-0.05, 0) is 0 Å². The fourth-order valence-electron chi connectivity index (χ4n) is 0.249. The van der Waals surface area contributed by atoms with Crippen LogP contribution in [0.1, 0.15) is 0 Å². The maximum Gasteiger partial charge on any atom is 0.329 e. The molecule has 0 bridgehead atoms. The normalized spacial score (nSPS) is 9.00. The zero-order chi connectivity index (χ0) is 7.28. The molecule has 0 spiro atoms. The van der Waals surface area contributed by atoms with E-state index in [2.05, 4.69) is 11.3 Å². The highest BCUT2D eigenvalue weighted by Gasteiger charge is 1.95. The highest BCUT2D eigenvalue weighted by molar-refractivity contribution is 6.29. The van der Waals surface area contributed by atoms with Crippen LogP contribution in [0.15, 0.2) is 11.6 Å². The van der Waals surface area contributed by atoms with E-state index in [0.717, 1.165) is 0 Å². The molecule has 0 saturated heterocycles. The predicted molar refractivity (Wildman–Crippen MR) is 33.4 cm³/mol. The molecule has 0 unspecified atom stereocenters. The van der Waals surface area contributed by atoms with Crippen LogP contribution in [0.25, 0.3) is 0 Å². The molecule has 1 N–H and O–H groups in total. The Balaban J connectivity index is 3.10. The van der Waals surface area contributed by atoms with E-state index in [1.165, 1.54) is 0 Å². The zero-order valence-electron chi connectivity index (χ0n) is 4.76. The van der Waals surface area contributed by atoms with Gasteiger partial charge in [-0.3, -0.25) is 0 Å². The maximum atomic E-state index is 9.78. The standard InChI is InChI=1S/C5H7ClO3/c1-4(6)2-9-3-5(7)8/h1-3H2,(H,7,8). The van der Waals surface area contributed by atoms with Crippen LogP contribution in [0.4, 0.5) is 0 Å². The smallest absolute Gasteiger partial charge is 0.329 e. The third-order valence-electron chi connectivity index (χ3n) is 0.484. The van der Waals surface area contributed by atoms with Gasteiger partial charge in [0.15, 0.2) is 0 Å². The van der Waals surface area contributed by atoms with E-state index >= 15 is 0 Å². The number of carbonyl (C=O) groups is 1.